The fraction of sp³-hybridized carbons (Fsp3) is 0.400. The van der Waals surface area contributed by atoms with E-state index < -0.39 is 5.97 Å². The number of hydrogen-bond acceptors (Lipinski definition) is 6. The van der Waals surface area contributed by atoms with Gasteiger partial charge in [-0.05, 0) is 67.5 Å². The van der Waals surface area contributed by atoms with Gasteiger partial charge in [-0.2, -0.15) is 0 Å². The number of carbonyl (C=O) groups is 3. The largest absolute Gasteiger partial charge is 0.466 e. The van der Waals surface area contributed by atoms with Crippen LogP contribution in [0, 0.1) is 0 Å². The standard InChI is InChI=1S/C25H29NO5S/c1-3-31-23(27)11-6-4-5-7-16-32-22-10-8-9-20-21(22)17-26(24(20)28)19-14-12-18(13-15-19)25(29)30-2/h8-10,12-15H,3-7,11,16-17H2,1-2H3. The minimum atomic E-state index is -0.396. The second-order valence-electron chi connectivity index (χ2n) is 7.53. The Kier molecular flexibility index (Phi) is 8.73. The number of amides is 1. The fourth-order valence-corrected chi connectivity index (χ4v) is 4.78. The molecule has 0 bridgehead atoms. The molecule has 1 amide bonds. The predicted molar refractivity (Wildman–Crippen MR) is 125 cm³/mol. The van der Waals surface area contributed by atoms with Gasteiger partial charge in [0.2, 0.25) is 0 Å². The average molecular weight is 456 g/mol. The molecule has 0 spiro atoms. The Morgan fingerprint density at radius 3 is 2.50 bits per heavy atom. The van der Waals surface area contributed by atoms with Crippen molar-refractivity contribution in [2.24, 2.45) is 0 Å². The summed E-state index contributed by atoms with van der Waals surface area (Å²) in [7, 11) is 1.35. The Balaban J connectivity index is 1.53. The van der Waals surface area contributed by atoms with Crippen molar-refractivity contribution in [2.45, 2.75) is 50.5 Å². The molecule has 0 fully saturated rings. The second kappa shape index (κ2) is 11.7. The molecule has 170 valence electrons. The maximum Gasteiger partial charge on any atom is 0.337 e. The van der Waals surface area contributed by atoms with E-state index in [1.54, 1.807) is 40.9 Å². The highest BCUT2D eigenvalue weighted by Gasteiger charge is 2.30. The molecule has 0 unspecified atom stereocenters. The van der Waals surface area contributed by atoms with Crippen LogP contribution in [0.3, 0.4) is 0 Å². The summed E-state index contributed by atoms with van der Waals surface area (Å²) < 4.78 is 9.68. The molecule has 0 aromatic heterocycles. The van der Waals surface area contributed by atoms with Crippen molar-refractivity contribution in [3.8, 4) is 0 Å². The molecule has 1 aliphatic heterocycles. The lowest BCUT2D eigenvalue weighted by molar-refractivity contribution is -0.143. The van der Waals surface area contributed by atoms with Crippen LogP contribution in [0.5, 0.6) is 0 Å². The molecule has 7 heteroatoms. The molecule has 2 aromatic carbocycles. The molecule has 1 heterocycles. The quantitative estimate of drug-likeness (QED) is 0.262. The van der Waals surface area contributed by atoms with Crippen molar-refractivity contribution in [2.75, 3.05) is 24.4 Å². The first-order valence-electron chi connectivity index (χ1n) is 11.0. The summed E-state index contributed by atoms with van der Waals surface area (Å²) in [6.07, 6.45) is 4.50. The molecule has 3 rings (SSSR count). The number of fused-ring (bicyclic) bond motifs is 1. The minimum absolute atomic E-state index is 0.0211. The Labute approximate surface area is 193 Å². The molecule has 6 nitrogen and oxygen atoms in total. The highest BCUT2D eigenvalue weighted by molar-refractivity contribution is 7.99. The summed E-state index contributed by atoms with van der Waals surface area (Å²) in [5.41, 5.74) is 3.01. The van der Waals surface area contributed by atoms with Crippen LogP contribution in [0.2, 0.25) is 0 Å². The molecule has 1 aliphatic rings. The van der Waals surface area contributed by atoms with E-state index in [0.717, 1.165) is 53.1 Å². The van der Waals surface area contributed by atoms with Crippen molar-refractivity contribution >= 4 is 35.3 Å². The van der Waals surface area contributed by atoms with Crippen LogP contribution in [-0.4, -0.2) is 37.3 Å². The summed E-state index contributed by atoms with van der Waals surface area (Å²) in [4.78, 5) is 38.8. The predicted octanol–water partition coefficient (Wildman–Crippen LogP) is 5.24. The van der Waals surface area contributed by atoms with Gasteiger partial charge in [-0.3, -0.25) is 9.59 Å². The number of unbranched alkanes of at least 4 members (excludes halogenated alkanes) is 3. The summed E-state index contributed by atoms with van der Waals surface area (Å²) >= 11 is 1.78. The van der Waals surface area contributed by atoms with E-state index in [2.05, 4.69) is 6.07 Å². The summed E-state index contributed by atoms with van der Waals surface area (Å²) in [5.74, 6) is 0.438. The Bertz CT molecular complexity index is 957. The van der Waals surface area contributed by atoms with E-state index in [-0.39, 0.29) is 11.9 Å². The number of nitrogens with zero attached hydrogens (tertiary/aromatic N) is 1. The van der Waals surface area contributed by atoms with E-state index in [1.165, 1.54) is 7.11 Å². The van der Waals surface area contributed by atoms with Gasteiger partial charge in [0.15, 0.2) is 0 Å². The zero-order valence-corrected chi connectivity index (χ0v) is 19.4. The lowest BCUT2D eigenvalue weighted by Gasteiger charge is -2.16. The number of benzene rings is 2. The van der Waals surface area contributed by atoms with Crippen LogP contribution in [0.4, 0.5) is 5.69 Å². The number of hydrogen-bond donors (Lipinski definition) is 0. The summed E-state index contributed by atoms with van der Waals surface area (Å²) in [6.45, 7) is 2.78. The molecule has 0 N–H and O–H groups in total. The smallest absolute Gasteiger partial charge is 0.337 e. The third-order valence-corrected chi connectivity index (χ3v) is 6.55. The van der Waals surface area contributed by atoms with Gasteiger partial charge in [-0.15, -0.1) is 11.8 Å². The van der Waals surface area contributed by atoms with Gasteiger partial charge in [0, 0.05) is 22.6 Å². The summed E-state index contributed by atoms with van der Waals surface area (Å²) in [5, 5.41) is 0. The monoisotopic (exact) mass is 455 g/mol. The van der Waals surface area contributed by atoms with Gasteiger partial charge in [-0.1, -0.05) is 18.9 Å². The van der Waals surface area contributed by atoms with Crippen LogP contribution >= 0.6 is 11.8 Å². The van der Waals surface area contributed by atoms with Gasteiger partial charge in [-0.25, -0.2) is 4.79 Å². The first-order valence-corrected chi connectivity index (χ1v) is 11.9. The summed E-state index contributed by atoms with van der Waals surface area (Å²) in [6, 6.07) is 12.8. The number of methoxy groups -OCH3 is 1. The lowest BCUT2D eigenvalue weighted by atomic mass is 10.1. The number of carbonyl (C=O) groups excluding carboxylic acids is 3. The van der Waals surface area contributed by atoms with E-state index >= 15 is 0 Å². The van der Waals surface area contributed by atoms with E-state index in [4.69, 9.17) is 9.47 Å². The van der Waals surface area contributed by atoms with Gasteiger partial charge >= 0.3 is 11.9 Å². The van der Waals surface area contributed by atoms with Gasteiger partial charge in [0.25, 0.3) is 5.91 Å². The Morgan fingerprint density at radius 1 is 1.03 bits per heavy atom. The topological polar surface area (TPSA) is 72.9 Å². The van der Waals surface area contributed by atoms with Crippen molar-refractivity contribution < 1.29 is 23.9 Å². The highest BCUT2D eigenvalue weighted by Crippen LogP contribution is 2.35. The maximum atomic E-state index is 13.0. The van der Waals surface area contributed by atoms with Crippen molar-refractivity contribution in [3.05, 3.63) is 59.2 Å². The average Bonchev–Trinajstić information content (AvgIpc) is 3.15. The molecular formula is C25H29NO5S. The zero-order valence-electron chi connectivity index (χ0n) is 18.6. The van der Waals surface area contributed by atoms with Gasteiger partial charge in [0.05, 0.1) is 25.8 Å². The zero-order chi connectivity index (χ0) is 22.9. The third kappa shape index (κ3) is 5.91. The molecule has 0 radical (unpaired) electrons. The molecule has 2 aromatic rings. The molecule has 32 heavy (non-hydrogen) atoms. The van der Waals surface area contributed by atoms with Crippen LogP contribution in [0.25, 0.3) is 0 Å². The Hall–Kier alpha value is -2.80. The number of esters is 2. The van der Waals surface area contributed by atoms with Gasteiger partial charge in [0.1, 0.15) is 0 Å². The van der Waals surface area contributed by atoms with E-state index in [0.29, 0.717) is 25.1 Å². The van der Waals surface area contributed by atoms with Crippen LogP contribution in [-0.2, 0) is 20.8 Å². The fourth-order valence-electron chi connectivity index (χ4n) is 3.68. The van der Waals surface area contributed by atoms with E-state index in [1.807, 2.05) is 19.1 Å². The first-order chi connectivity index (χ1) is 15.5. The molecule has 0 saturated carbocycles. The molecule has 0 atom stereocenters. The highest BCUT2D eigenvalue weighted by atomic mass is 32.2. The molecular weight excluding hydrogens is 426 g/mol. The normalized spacial score (nSPS) is 12.6. The molecule has 0 aliphatic carbocycles. The minimum Gasteiger partial charge on any atom is -0.466 e. The third-order valence-electron chi connectivity index (χ3n) is 5.36. The van der Waals surface area contributed by atoms with Crippen molar-refractivity contribution in [3.63, 3.8) is 0 Å². The van der Waals surface area contributed by atoms with Crippen LogP contribution in [0.1, 0.15) is 65.3 Å². The molecule has 0 saturated heterocycles. The van der Waals surface area contributed by atoms with Crippen molar-refractivity contribution in [1.82, 2.24) is 0 Å². The number of thioether (sulfide) groups is 1. The van der Waals surface area contributed by atoms with E-state index in [9.17, 15) is 14.4 Å². The lowest BCUT2D eigenvalue weighted by Crippen LogP contribution is -2.23. The number of ether oxygens (including phenoxy) is 2. The van der Waals surface area contributed by atoms with Gasteiger partial charge < -0.3 is 14.4 Å². The van der Waals surface area contributed by atoms with Crippen LogP contribution < -0.4 is 4.90 Å². The van der Waals surface area contributed by atoms with Crippen molar-refractivity contribution in [1.29, 1.82) is 0 Å². The SMILES string of the molecule is CCOC(=O)CCCCCCSc1cccc2c1CN(c1ccc(C(=O)OC)cc1)C2=O. The number of anilines is 1. The maximum absolute atomic E-state index is 13.0. The number of rotatable bonds is 11. The first kappa shape index (κ1) is 23.9. The van der Waals surface area contributed by atoms with Crippen LogP contribution in [0.15, 0.2) is 47.4 Å². The Morgan fingerprint density at radius 2 is 1.78 bits per heavy atom. The second-order valence-corrected chi connectivity index (χ2v) is 8.67.